The van der Waals surface area contributed by atoms with E-state index in [1.807, 2.05) is 12.1 Å². The monoisotopic (exact) mass is 262 g/mol. The van der Waals surface area contributed by atoms with Gasteiger partial charge in [0.25, 0.3) is 0 Å². The van der Waals surface area contributed by atoms with Crippen LogP contribution in [0.3, 0.4) is 0 Å². The highest BCUT2D eigenvalue weighted by molar-refractivity contribution is 5.68. The van der Waals surface area contributed by atoms with E-state index >= 15 is 0 Å². The molecule has 0 saturated heterocycles. The fourth-order valence-corrected chi connectivity index (χ4v) is 2.55. The third-order valence-electron chi connectivity index (χ3n) is 3.87. The van der Waals surface area contributed by atoms with E-state index in [0.29, 0.717) is 11.8 Å². The van der Waals surface area contributed by atoms with Gasteiger partial charge >= 0.3 is 5.97 Å². The van der Waals surface area contributed by atoms with Crippen LogP contribution in [0, 0.1) is 5.92 Å². The Morgan fingerprint density at radius 2 is 1.95 bits per heavy atom. The van der Waals surface area contributed by atoms with Crippen LogP contribution in [0.15, 0.2) is 18.2 Å². The van der Waals surface area contributed by atoms with Crippen molar-refractivity contribution < 1.29 is 14.6 Å². The molecule has 1 fully saturated rings. The van der Waals surface area contributed by atoms with E-state index in [9.17, 15) is 4.79 Å². The number of rotatable bonds is 6. The van der Waals surface area contributed by atoms with E-state index in [0.717, 1.165) is 24.2 Å². The molecular weight excluding hydrogens is 240 g/mol. The summed E-state index contributed by atoms with van der Waals surface area (Å²) in [5.41, 5.74) is 2.33. The van der Waals surface area contributed by atoms with Crippen LogP contribution in [0.5, 0.6) is 5.75 Å². The second-order valence-electron chi connectivity index (χ2n) is 5.74. The lowest BCUT2D eigenvalue weighted by atomic mass is 9.88. The molecule has 3 heteroatoms. The molecule has 1 aromatic rings. The molecule has 1 saturated carbocycles. The summed E-state index contributed by atoms with van der Waals surface area (Å²) in [4.78, 5) is 11.1. The summed E-state index contributed by atoms with van der Waals surface area (Å²) >= 11 is 0. The Balaban J connectivity index is 2.34. The summed E-state index contributed by atoms with van der Waals surface area (Å²) < 4.78 is 5.35. The van der Waals surface area contributed by atoms with Crippen molar-refractivity contribution in [1.82, 2.24) is 0 Å². The van der Waals surface area contributed by atoms with E-state index in [2.05, 4.69) is 19.9 Å². The standard InChI is InChI=1S/C16H22O3/c1-10(2)12-6-13(8-14(7-12)19-3)15(9-16(17)18)11-4-5-11/h6-8,10-11,15H,4-5,9H2,1-3H3,(H,17,18). The van der Waals surface area contributed by atoms with Crippen LogP contribution in [0.1, 0.15) is 56.1 Å². The molecule has 1 unspecified atom stereocenters. The molecule has 3 nitrogen and oxygen atoms in total. The van der Waals surface area contributed by atoms with Gasteiger partial charge in [-0.15, -0.1) is 0 Å². The topological polar surface area (TPSA) is 46.5 Å². The van der Waals surface area contributed by atoms with Crippen molar-refractivity contribution in [2.45, 2.75) is 44.9 Å². The molecule has 1 aliphatic carbocycles. The van der Waals surface area contributed by atoms with Crippen molar-refractivity contribution >= 4 is 5.97 Å². The van der Waals surface area contributed by atoms with Crippen LogP contribution in [-0.4, -0.2) is 18.2 Å². The van der Waals surface area contributed by atoms with Gasteiger partial charge in [0.15, 0.2) is 0 Å². The maximum absolute atomic E-state index is 11.1. The van der Waals surface area contributed by atoms with Crippen molar-refractivity contribution in [3.63, 3.8) is 0 Å². The van der Waals surface area contributed by atoms with Crippen LogP contribution in [0.2, 0.25) is 0 Å². The van der Waals surface area contributed by atoms with Crippen LogP contribution in [0.25, 0.3) is 0 Å². The lowest BCUT2D eigenvalue weighted by Gasteiger charge is -2.18. The van der Waals surface area contributed by atoms with Gasteiger partial charge in [0, 0.05) is 0 Å². The molecule has 19 heavy (non-hydrogen) atoms. The maximum Gasteiger partial charge on any atom is 0.303 e. The lowest BCUT2D eigenvalue weighted by molar-refractivity contribution is -0.137. The Morgan fingerprint density at radius 1 is 1.32 bits per heavy atom. The van der Waals surface area contributed by atoms with E-state index in [4.69, 9.17) is 9.84 Å². The fourth-order valence-electron chi connectivity index (χ4n) is 2.55. The van der Waals surface area contributed by atoms with Crippen molar-refractivity contribution in [3.05, 3.63) is 29.3 Å². The molecule has 0 amide bonds. The molecule has 1 aromatic carbocycles. The molecule has 0 bridgehead atoms. The first-order chi connectivity index (χ1) is 9.01. The van der Waals surface area contributed by atoms with E-state index in [1.54, 1.807) is 7.11 Å². The van der Waals surface area contributed by atoms with Gasteiger partial charge in [-0.25, -0.2) is 0 Å². The first-order valence-electron chi connectivity index (χ1n) is 6.92. The third kappa shape index (κ3) is 3.49. The van der Waals surface area contributed by atoms with Gasteiger partial charge in [0.2, 0.25) is 0 Å². The van der Waals surface area contributed by atoms with Gasteiger partial charge in [0.1, 0.15) is 5.75 Å². The summed E-state index contributed by atoms with van der Waals surface area (Å²) in [6, 6.07) is 6.19. The predicted molar refractivity (Wildman–Crippen MR) is 74.8 cm³/mol. The SMILES string of the molecule is COc1cc(C(C)C)cc(C(CC(=O)O)C2CC2)c1. The number of aliphatic carboxylic acids is 1. The van der Waals surface area contributed by atoms with Gasteiger partial charge in [-0.3, -0.25) is 4.79 Å². The molecule has 2 rings (SSSR count). The Bertz CT molecular complexity index is 461. The van der Waals surface area contributed by atoms with E-state index in [-0.39, 0.29) is 12.3 Å². The highest BCUT2D eigenvalue weighted by Gasteiger charge is 2.34. The highest BCUT2D eigenvalue weighted by atomic mass is 16.5. The summed E-state index contributed by atoms with van der Waals surface area (Å²) in [5.74, 6) is 1.19. The van der Waals surface area contributed by atoms with Gasteiger partial charge < -0.3 is 9.84 Å². The van der Waals surface area contributed by atoms with Crippen LogP contribution in [-0.2, 0) is 4.79 Å². The average molecular weight is 262 g/mol. The minimum atomic E-state index is -0.717. The van der Waals surface area contributed by atoms with Crippen molar-refractivity contribution in [2.75, 3.05) is 7.11 Å². The second-order valence-corrected chi connectivity index (χ2v) is 5.74. The van der Waals surface area contributed by atoms with Crippen LogP contribution < -0.4 is 4.74 Å². The zero-order valence-electron chi connectivity index (χ0n) is 11.8. The molecule has 0 spiro atoms. The molecule has 1 N–H and O–H groups in total. The summed E-state index contributed by atoms with van der Waals surface area (Å²) in [7, 11) is 1.66. The number of ether oxygens (including phenoxy) is 1. The first-order valence-corrected chi connectivity index (χ1v) is 6.92. The summed E-state index contributed by atoms with van der Waals surface area (Å²) in [6.07, 6.45) is 2.51. The zero-order valence-corrected chi connectivity index (χ0v) is 11.8. The zero-order chi connectivity index (χ0) is 14.0. The number of carbonyl (C=O) groups is 1. The minimum absolute atomic E-state index is 0.130. The van der Waals surface area contributed by atoms with E-state index in [1.165, 1.54) is 5.56 Å². The lowest BCUT2D eigenvalue weighted by Crippen LogP contribution is -2.09. The fraction of sp³-hybridized carbons (Fsp3) is 0.562. The minimum Gasteiger partial charge on any atom is -0.497 e. The smallest absolute Gasteiger partial charge is 0.303 e. The molecule has 0 aromatic heterocycles. The summed E-state index contributed by atoms with van der Waals surface area (Å²) in [5, 5.41) is 9.10. The number of hydrogen-bond acceptors (Lipinski definition) is 2. The third-order valence-corrected chi connectivity index (χ3v) is 3.87. The Morgan fingerprint density at radius 3 is 2.42 bits per heavy atom. The van der Waals surface area contributed by atoms with Crippen molar-refractivity contribution in [3.8, 4) is 5.75 Å². The molecule has 0 aliphatic heterocycles. The Labute approximate surface area is 114 Å². The molecular formula is C16H22O3. The summed E-state index contributed by atoms with van der Waals surface area (Å²) in [6.45, 7) is 4.28. The normalized spacial score (nSPS) is 16.4. The number of methoxy groups -OCH3 is 1. The largest absolute Gasteiger partial charge is 0.497 e. The highest BCUT2D eigenvalue weighted by Crippen LogP contribution is 2.45. The van der Waals surface area contributed by atoms with Gasteiger partial charge in [-0.05, 0) is 53.9 Å². The van der Waals surface area contributed by atoms with Gasteiger partial charge in [0.05, 0.1) is 13.5 Å². The molecule has 1 atom stereocenters. The van der Waals surface area contributed by atoms with Gasteiger partial charge in [-0.2, -0.15) is 0 Å². The molecule has 1 aliphatic rings. The Hall–Kier alpha value is -1.51. The van der Waals surface area contributed by atoms with Crippen molar-refractivity contribution in [1.29, 1.82) is 0 Å². The average Bonchev–Trinajstić information content (AvgIpc) is 3.19. The molecule has 0 heterocycles. The molecule has 0 radical (unpaired) electrons. The number of carboxylic acids is 1. The maximum atomic E-state index is 11.1. The van der Waals surface area contributed by atoms with Crippen LogP contribution >= 0.6 is 0 Å². The number of hydrogen-bond donors (Lipinski definition) is 1. The molecule has 104 valence electrons. The number of benzene rings is 1. The van der Waals surface area contributed by atoms with E-state index < -0.39 is 5.97 Å². The van der Waals surface area contributed by atoms with Crippen LogP contribution in [0.4, 0.5) is 0 Å². The quantitative estimate of drug-likeness (QED) is 0.848. The van der Waals surface area contributed by atoms with Crippen molar-refractivity contribution in [2.24, 2.45) is 5.92 Å². The first kappa shape index (κ1) is 13.9. The number of carboxylic acid groups (broad SMARTS) is 1. The Kier molecular flexibility index (Phi) is 4.13. The second kappa shape index (κ2) is 5.64. The predicted octanol–water partition coefficient (Wildman–Crippen LogP) is 3.79. The van der Waals surface area contributed by atoms with Gasteiger partial charge in [-0.1, -0.05) is 19.9 Å².